The number of aromatic hydroxyl groups is 2. The highest BCUT2D eigenvalue weighted by Crippen LogP contribution is 2.50. The molecule has 9 heteroatoms. The van der Waals surface area contributed by atoms with Gasteiger partial charge in [0.15, 0.2) is 11.6 Å². The Hall–Kier alpha value is -3.07. The molecule has 0 spiro atoms. The van der Waals surface area contributed by atoms with Crippen molar-refractivity contribution < 1.29 is 32.2 Å². The van der Waals surface area contributed by atoms with Crippen molar-refractivity contribution in [3.05, 3.63) is 74.5 Å². The number of halogens is 5. The lowest BCUT2D eigenvalue weighted by atomic mass is 9.94. The minimum absolute atomic E-state index is 0.0466. The second-order valence-corrected chi connectivity index (χ2v) is 7.32. The molecule has 0 radical (unpaired) electrons. The maximum absolute atomic E-state index is 14.6. The number of allylic oxidation sites excluding steroid dienone is 1. The van der Waals surface area contributed by atoms with Crippen molar-refractivity contribution in [2.24, 2.45) is 0 Å². The monoisotopic (exact) mass is 425 g/mol. The Morgan fingerprint density at radius 2 is 1.62 bits per heavy atom. The summed E-state index contributed by atoms with van der Waals surface area (Å²) in [6.07, 6.45) is -5.11. The molecule has 0 aliphatic heterocycles. The minimum atomic E-state index is -4.76. The Bertz CT molecular complexity index is 1180. The lowest BCUT2D eigenvalue weighted by Crippen LogP contribution is -2.09. The van der Waals surface area contributed by atoms with E-state index in [4.69, 9.17) is 5.73 Å². The van der Waals surface area contributed by atoms with Gasteiger partial charge in [-0.2, -0.15) is 13.2 Å². The molecule has 1 heterocycles. The molecule has 1 aliphatic carbocycles. The van der Waals surface area contributed by atoms with E-state index in [1.54, 1.807) is 10.8 Å². The molecule has 150 valence electrons. The van der Waals surface area contributed by atoms with Gasteiger partial charge in [-0.15, -0.1) is 11.3 Å². The molecule has 3 aromatic rings. The average Bonchev–Trinajstić information content (AvgIpc) is 3.19. The van der Waals surface area contributed by atoms with Crippen LogP contribution in [0.25, 0.3) is 11.1 Å². The molecule has 0 saturated carbocycles. The zero-order valence-corrected chi connectivity index (χ0v) is 15.3. The smallest absolute Gasteiger partial charge is 0.416 e. The molecule has 4 N–H and O–H groups in total. The summed E-state index contributed by atoms with van der Waals surface area (Å²) in [6, 6.07) is 3.06. The van der Waals surface area contributed by atoms with E-state index < -0.39 is 34.9 Å². The molecule has 2 aromatic carbocycles. The van der Waals surface area contributed by atoms with E-state index in [1.807, 2.05) is 0 Å². The van der Waals surface area contributed by atoms with E-state index in [9.17, 15) is 32.2 Å². The third kappa shape index (κ3) is 3.11. The van der Waals surface area contributed by atoms with Gasteiger partial charge in [-0.3, -0.25) is 0 Å². The molecule has 0 fully saturated rings. The fourth-order valence-corrected chi connectivity index (χ4v) is 4.30. The third-order valence-electron chi connectivity index (χ3n) is 4.79. The van der Waals surface area contributed by atoms with Crippen molar-refractivity contribution in [3.8, 4) is 11.5 Å². The average molecular weight is 425 g/mol. The zero-order chi connectivity index (χ0) is 21.1. The van der Waals surface area contributed by atoms with E-state index in [1.165, 1.54) is 11.3 Å². The third-order valence-corrected chi connectivity index (χ3v) is 5.55. The van der Waals surface area contributed by atoms with Crippen LogP contribution in [-0.4, -0.2) is 10.2 Å². The summed E-state index contributed by atoms with van der Waals surface area (Å²) in [7, 11) is 0. The topological polar surface area (TPSA) is 66.5 Å². The second kappa shape index (κ2) is 6.48. The number of thiophene rings is 1. The molecule has 3 nitrogen and oxygen atoms in total. The van der Waals surface area contributed by atoms with Crippen LogP contribution in [0.3, 0.4) is 0 Å². The fourth-order valence-electron chi connectivity index (χ4n) is 3.57. The van der Waals surface area contributed by atoms with Gasteiger partial charge in [-0.05, 0) is 46.9 Å². The number of alkyl halides is 3. The molecule has 1 aliphatic rings. The predicted octanol–water partition coefficient (Wildman–Crippen LogP) is 5.55. The summed E-state index contributed by atoms with van der Waals surface area (Å²) in [5.74, 6) is -3.62. The van der Waals surface area contributed by atoms with E-state index in [-0.39, 0.29) is 39.9 Å². The molecule has 0 atom stereocenters. The van der Waals surface area contributed by atoms with Crippen molar-refractivity contribution >= 4 is 28.2 Å². The van der Waals surface area contributed by atoms with Gasteiger partial charge in [-0.25, -0.2) is 8.78 Å². The van der Waals surface area contributed by atoms with Gasteiger partial charge in [0, 0.05) is 28.0 Å². The number of nitrogen functional groups attached to an aromatic ring is 1. The number of anilines is 1. The number of phenols is 2. The van der Waals surface area contributed by atoms with Crippen molar-refractivity contribution in [1.82, 2.24) is 0 Å². The highest BCUT2D eigenvalue weighted by Gasteiger charge is 2.39. The molecular weight excluding hydrogens is 413 g/mol. The van der Waals surface area contributed by atoms with Crippen LogP contribution >= 0.6 is 11.3 Å². The molecule has 0 unspecified atom stereocenters. The second-order valence-electron chi connectivity index (χ2n) is 6.57. The Kier molecular flexibility index (Phi) is 4.30. The van der Waals surface area contributed by atoms with Crippen LogP contribution in [0.2, 0.25) is 0 Å². The van der Waals surface area contributed by atoms with Crippen LogP contribution in [-0.2, 0) is 12.6 Å². The van der Waals surface area contributed by atoms with E-state index >= 15 is 0 Å². The lowest BCUT2D eigenvalue weighted by molar-refractivity contribution is -0.138. The SMILES string of the molecule is Nc1cscc1C1=C(c2cc(F)c(O)cc2F)Cc2c1cc(O)cc2C(F)(F)F. The quantitative estimate of drug-likeness (QED) is 0.472. The van der Waals surface area contributed by atoms with Crippen LogP contribution in [0.15, 0.2) is 35.0 Å². The van der Waals surface area contributed by atoms with Crippen molar-refractivity contribution in [2.45, 2.75) is 12.6 Å². The Balaban J connectivity index is 2.06. The zero-order valence-electron chi connectivity index (χ0n) is 14.4. The summed E-state index contributed by atoms with van der Waals surface area (Å²) in [5, 5.41) is 22.4. The Morgan fingerprint density at radius 1 is 0.897 bits per heavy atom. The standard InChI is InChI=1S/C20H12F5NO2S/c21-15-5-18(28)16(22)4-10(15)12-3-9-11(19(12)13-6-29-7-17(13)26)1-8(27)2-14(9)20(23,24)25/h1-2,4-7,27-28H,3,26H2. The van der Waals surface area contributed by atoms with Crippen LogP contribution in [0.4, 0.5) is 27.6 Å². The summed E-state index contributed by atoms with van der Waals surface area (Å²) < 4.78 is 69.2. The maximum atomic E-state index is 14.6. The van der Waals surface area contributed by atoms with Crippen LogP contribution in [0.1, 0.15) is 27.8 Å². The van der Waals surface area contributed by atoms with E-state index in [0.717, 1.165) is 12.1 Å². The first kappa shape index (κ1) is 19.3. The number of benzene rings is 2. The Labute approximate surface area is 165 Å². The van der Waals surface area contributed by atoms with Gasteiger partial charge >= 0.3 is 6.18 Å². The molecule has 29 heavy (non-hydrogen) atoms. The first-order chi connectivity index (χ1) is 13.6. The van der Waals surface area contributed by atoms with Gasteiger partial charge in [0.1, 0.15) is 11.6 Å². The van der Waals surface area contributed by atoms with E-state index in [0.29, 0.717) is 17.7 Å². The van der Waals surface area contributed by atoms with Crippen LogP contribution in [0, 0.1) is 11.6 Å². The van der Waals surface area contributed by atoms with Gasteiger partial charge in [-0.1, -0.05) is 0 Å². The molecule has 4 rings (SSSR count). The first-order valence-electron chi connectivity index (χ1n) is 8.25. The number of fused-ring (bicyclic) bond motifs is 1. The molecule has 0 saturated heterocycles. The van der Waals surface area contributed by atoms with Gasteiger partial charge < -0.3 is 15.9 Å². The Morgan fingerprint density at radius 3 is 2.24 bits per heavy atom. The number of phenolic OH excluding ortho intramolecular Hbond substituents is 2. The lowest BCUT2D eigenvalue weighted by Gasteiger charge is -2.14. The summed E-state index contributed by atoms with van der Waals surface area (Å²) in [5.41, 5.74) is 5.36. The number of hydrogen-bond acceptors (Lipinski definition) is 4. The first-order valence-corrected chi connectivity index (χ1v) is 9.19. The number of rotatable bonds is 2. The largest absolute Gasteiger partial charge is 0.508 e. The fraction of sp³-hybridized carbons (Fsp3) is 0.100. The molecule has 1 aromatic heterocycles. The molecule has 0 amide bonds. The minimum Gasteiger partial charge on any atom is -0.508 e. The normalized spacial score (nSPS) is 13.8. The molecule has 0 bridgehead atoms. The number of hydrogen-bond donors (Lipinski definition) is 3. The predicted molar refractivity (Wildman–Crippen MR) is 99.5 cm³/mol. The van der Waals surface area contributed by atoms with Gasteiger partial charge in [0.2, 0.25) is 0 Å². The van der Waals surface area contributed by atoms with Gasteiger partial charge in [0.05, 0.1) is 11.3 Å². The van der Waals surface area contributed by atoms with Crippen LogP contribution in [0.5, 0.6) is 11.5 Å². The number of nitrogens with two attached hydrogens (primary N) is 1. The van der Waals surface area contributed by atoms with Crippen molar-refractivity contribution in [1.29, 1.82) is 0 Å². The highest BCUT2D eigenvalue weighted by atomic mass is 32.1. The van der Waals surface area contributed by atoms with E-state index in [2.05, 4.69) is 0 Å². The van der Waals surface area contributed by atoms with Crippen LogP contribution < -0.4 is 5.73 Å². The highest BCUT2D eigenvalue weighted by molar-refractivity contribution is 7.08. The maximum Gasteiger partial charge on any atom is 0.416 e. The summed E-state index contributed by atoms with van der Waals surface area (Å²) >= 11 is 1.20. The summed E-state index contributed by atoms with van der Waals surface area (Å²) in [6.45, 7) is 0. The van der Waals surface area contributed by atoms with Gasteiger partial charge in [0.25, 0.3) is 0 Å². The summed E-state index contributed by atoms with van der Waals surface area (Å²) in [4.78, 5) is 0. The molecular formula is C20H12F5NO2S. The van der Waals surface area contributed by atoms with Crippen molar-refractivity contribution in [3.63, 3.8) is 0 Å². The van der Waals surface area contributed by atoms with Crippen molar-refractivity contribution in [2.75, 3.05) is 5.73 Å².